The normalized spacial score (nSPS) is 10.1. The van der Waals surface area contributed by atoms with Gasteiger partial charge in [-0.2, -0.15) is 0 Å². The van der Waals surface area contributed by atoms with Crippen LogP contribution in [0.2, 0.25) is 0 Å². The number of thiocarbonyl (C=S) groups is 1. The van der Waals surface area contributed by atoms with E-state index in [0.29, 0.717) is 18.0 Å². The molecule has 0 aliphatic heterocycles. The first-order valence-corrected chi connectivity index (χ1v) is 6.98. The van der Waals surface area contributed by atoms with E-state index in [1.54, 1.807) is 6.20 Å². The number of nitrogens with two attached hydrogens (primary N) is 1. The Bertz CT molecular complexity index is 564. The van der Waals surface area contributed by atoms with Crippen LogP contribution in [0.15, 0.2) is 35.8 Å². The molecular weight excluding hydrogens is 278 g/mol. The van der Waals surface area contributed by atoms with Gasteiger partial charge in [0.05, 0.1) is 13.0 Å². The first-order chi connectivity index (χ1) is 9.15. The van der Waals surface area contributed by atoms with E-state index in [-0.39, 0.29) is 5.91 Å². The fraction of sp³-hybridized carbons (Fsp3) is 0.154. The maximum absolute atomic E-state index is 11.7. The number of thiazole rings is 1. The van der Waals surface area contributed by atoms with Crippen LogP contribution in [0.4, 0.5) is 0 Å². The van der Waals surface area contributed by atoms with Crippen molar-refractivity contribution in [2.45, 2.75) is 13.0 Å². The number of hydrogen-bond donors (Lipinski definition) is 2. The third-order valence-corrected chi connectivity index (χ3v) is 3.54. The number of carbonyl (C=O) groups excluding carboxylic acids is 1. The van der Waals surface area contributed by atoms with Crippen molar-refractivity contribution in [2.75, 3.05) is 0 Å². The largest absolute Gasteiger partial charge is 0.389 e. The van der Waals surface area contributed by atoms with Crippen LogP contribution in [0.1, 0.15) is 16.1 Å². The minimum Gasteiger partial charge on any atom is -0.389 e. The Morgan fingerprint density at radius 3 is 2.68 bits per heavy atom. The SMILES string of the molecule is NC(=S)c1ccc(CC(=O)NCc2nccs2)cc1. The number of rotatable bonds is 5. The number of aromatic nitrogens is 1. The van der Waals surface area contributed by atoms with Crippen LogP contribution in [0.5, 0.6) is 0 Å². The van der Waals surface area contributed by atoms with Gasteiger partial charge in [-0.25, -0.2) is 4.98 Å². The highest BCUT2D eigenvalue weighted by atomic mass is 32.1. The van der Waals surface area contributed by atoms with Gasteiger partial charge in [0.2, 0.25) is 5.91 Å². The molecule has 0 saturated heterocycles. The molecule has 2 rings (SSSR count). The van der Waals surface area contributed by atoms with Gasteiger partial charge in [-0.3, -0.25) is 4.79 Å². The standard InChI is InChI=1S/C13H13N3OS2/c14-13(18)10-3-1-9(2-4-10)7-11(17)16-8-12-15-5-6-19-12/h1-6H,7-8H2,(H2,14,18)(H,16,17). The summed E-state index contributed by atoms with van der Waals surface area (Å²) in [6.07, 6.45) is 2.06. The summed E-state index contributed by atoms with van der Waals surface area (Å²) in [5.41, 5.74) is 7.25. The second kappa shape index (κ2) is 6.40. The summed E-state index contributed by atoms with van der Waals surface area (Å²) in [6, 6.07) is 7.37. The van der Waals surface area contributed by atoms with E-state index in [1.807, 2.05) is 29.6 Å². The van der Waals surface area contributed by atoms with Gasteiger partial charge in [-0.05, 0) is 5.56 Å². The van der Waals surface area contributed by atoms with Crippen LogP contribution in [-0.2, 0) is 17.8 Å². The van der Waals surface area contributed by atoms with Crippen LogP contribution >= 0.6 is 23.6 Å². The second-order valence-corrected chi connectivity index (χ2v) is 5.36. The van der Waals surface area contributed by atoms with Gasteiger partial charge in [-0.15, -0.1) is 11.3 Å². The number of amides is 1. The topological polar surface area (TPSA) is 68.0 Å². The Labute approximate surface area is 120 Å². The van der Waals surface area contributed by atoms with Gasteiger partial charge in [0.1, 0.15) is 10.00 Å². The van der Waals surface area contributed by atoms with Crippen molar-refractivity contribution >= 4 is 34.5 Å². The van der Waals surface area contributed by atoms with Gasteiger partial charge in [0.15, 0.2) is 0 Å². The lowest BCUT2D eigenvalue weighted by Crippen LogP contribution is -2.24. The van der Waals surface area contributed by atoms with Gasteiger partial charge in [-0.1, -0.05) is 36.5 Å². The Morgan fingerprint density at radius 2 is 2.11 bits per heavy atom. The van der Waals surface area contributed by atoms with E-state index >= 15 is 0 Å². The molecule has 1 heterocycles. The first kappa shape index (κ1) is 13.6. The molecule has 0 bridgehead atoms. The molecule has 6 heteroatoms. The lowest BCUT2D eigenvalue weighted by atomic mass is 10.1. The summed E-state index contributed by atoms with van der Waals surface area (Å²) in [5.74, 6) is -0.0294. The third kappa shape index (κ3) is 4.11. The lowest BCUT2D eigenvalue weighted by molar-refractivity contribution is -0.120. The summed E-state index contributed by atoms with van der Waals surface area (Å²) in [4.78, 5) is 16.2. The number of nitrogens with zero attached hydrogens (tertiary/aromatic N) is 1. The number of hydrogen-bond acceptors (Lipinski definition) is 4. The number of benzene rings is 1. The zero-order valence-electron chi connectivity index (χ0n) is 10.1. The summed E-state index contributed by atoms with van der Waals surface area (Å²) in [7, 11) is 0. The number of nitrogens with one attached hydrogen (secondary N) is 1. The van der Waals surface area contributed by atoms with E-state index in [2.05, 4.69) is 10.3 Å². The van der Waals surface area contributed by atoms with Crippen molar-refractivity contribution < 1.29 is 4.79 Å². The lowest BCUT2D eigenvalue weighted by Gasteiger charge is -2.04. The molecule has 1 amide bonds. The highest BCUT2D eigenvalue weighted by Crippen LogP contribution is 2.06. The maximum atomic E-state index is 11.7. The Hall–Kier alpha value is -1.79. The van der Waals surface area contributed by atoms with E-state index in [9.17, 15) is 4.79 Å². The molecule has 0 fully saturated rings. The molecular formula is C13H13N3OS2. The predicted octanol–water partition coefficient (Wildman–Crippen LogP) is 1.64. The van der Waals surface area contributed by atoms with E-state index in [0.717, 1.165) is 16.1 Å². The molecule has 0 spiro atoms. The summed E-state index contributed by atoms with van der Waals surface area (Å²) >= 11 is 6.40. The smallest absolute Gasteiger partial charge is 0.224 e. The predicted molar refractivity (Wildman–Crippen MR) is 80.0 cm³/mol. The van der Waals surface area contributed by atoms with Crippen molar-refractivity contribution in [2.24, 2.45) is 5.73 Å². The minimum atomic E-state index is -0.0294. The molecule has 98 valence electrons. The molecule has 0 unspecified atom stereocenters. The van der Waals surface area contributed by atoms with Crippen molar-refractivity contribution in [1.29, 1.82) is 0 Å². The Balaban J connectivity index is 1.86. The van der Waals surface area contributed by atoms with E-state index in [4.69, 9.17) is 18.0 Å². The Morgan fingerprint density at radius 1 is 1.37 bits per heavy atom. The third-order valence-electron chi connectivity index (χ3n) is 2.52. The molecule has 0 radical (unpaired) electrons. The molecule has 0 saturated carbocycles. The minimum absolute atomic E-state index is 0.0294. The van der Waals surface area contributed by atoms with E-state index < -0.39 is 0 Å². The molecule has 1 aromatic heterocycles. The second-order valence-electron chi connectivity index (χ2n) is 3.94. The monoisotopic (exact) mass is 291 g/mol. The molecule has 2 aromatic rings. The quantitative estimate of drug-likeness (QED) is 0.822. The molecule has 1 aromatic carbocycles. The Kier molecular flexibility index (Phi) is 4.59. The van der Waals surface area contributed by atoms with Crippen LogP contribution in [0.3, 0.4) is 0 Å². The van der Waals surface area contributed by atoms with Gasteiger partial charge in [0, 0.05) is 17.1 Å². The molecule has 0 atom stereocenters. The summed E-state index contributed by atoms with van der Waals surface area (Å²) in [6.45, 7) is 0.474. The van der Waals surface area contributed by atoms with Crippen molar-refractivity contribution in [3.05, 3.63) is 52.0 Å². The molecule has 19 heavy (non-hydrogen) atoms. The fourth-order valence-corrected chi connectivity index (χ4v) is 2.24. The fourth-order valence-electron chi connectivity index (χ4n) is 1.55. The summed E-state index contributed by atoms with van der Waals surface area (Å²) in [5, 5.41) is 5.61. The van der Waals surface area contributed by atoms with Crippen molar-refractivity contribution in [3.63, 3.8) is 0 Å². The van der Waals surface area contributed by atoms with Crippen LogP contribution in [-0.4, -0.2) is 15.9 Å². The molecule has 0 aliphatic rings. The highest BCUT2D eigenvalue weighted by Gasteiger charge is 2.05. The first-order valence-electron chi connectivity index (χ1n) is 5.69. The molecule has 0 aliphatic carbocycles. The van der Waals surface area contributed by atoms with Crippen LogP contribution < -0.4 is 11.1 Å². The zero-order valence-corrected chi connectivity index (χ0v) is 11.8. The van der Waals surface area contributed by atoms with Gasteiger partial charge < -0.3 is 11.1 Å². The van der Waals surface area contributed by atoms with Crippen molar-refractivity contribution in [1.82, 2.24) is 10.3 Å². The summed E-state index contributed by atoms with van der Waals surface area (Å²) < 4.78 is 0. The molecule has 4 nitrogen and oxygen atoms in total. The van der Waals surface area contributed by atoms with E-state index in [1.165, 1.54) is 11.3 Å². The van der Waals surface area contributed by atoms with Gasteiger partial charge >= 0.3 is 0 Å². The molecule has 3 N–H and O–H groups in total. The zero-order chi connectivity index (χ0) is 13.7. The van der Waals surface area contributed by atoms with Crippen molar-refractivity contribution in [3.8, 4) is 0 Å². The average molecular weight is 291 g/mol. The highest BCUT2D eigenvalue weighted by molar-refractivity contribution is 7.80. The average Bonchev–Trinajstić information content (AvgIpc) is 2.90. The number of carbonyl (C=O) groups is 1. The van der Waals surface area contributed by atoms with Gasteiger partial charge in [0.25, 0.3) is 0 Å². The van der Waals surface area contributed by atoms with Crippen LogP contribution in [0, 0.1) is 0 Å². The maximum Gasteiger partial charge on any atom is 0.224 e. The van der Waals surface area contributed by atoms with Crippen LogP contribution in [0.25, 0.3) is 0 Å².